The Morgan fingerprint density at radius 2 is 2.00 bits per heavy atom. The summed E-state index contributed by atoms with van der Waals surface area (Å²) in [4.78, 5) is 6.67. The van der Waals surface area contributed by atoms with Gasteiger partial charge in [0.05, 0.1) is 10.7 Å². The minimum Gasteiger partial charge on any atom is -0.309 e. The van der Waals surface area contributed by atoms with Crippen molar-refractivity contribution in [2.45, 2.75) is 84.1 Å². The molecule has 0 radical (unpaired) electrons. The van der Waals surface area contributed by atoms with Gasteiger partial charge in [-0.25, -0.2) is 4.98 Å². The fourth-order valence-electron chi connectivity index (χ4n) is 3.96. The average molecular weight is 307 g/mol. The van der Waals surface area contributed by atoms with Gasteiger partial charge in [-0.15, -0.1) is 11.3 Å². The lowest BCUT2D eigenvalue weighted by atomic mass is 9.76. The van der Waals surface area contributed by atoms with E-state index in [0.717, 1.165) is 18.9 Å². The largest absolute Gasteiger partial charge is 0.309 e. The van der Waals surface area contributed by atoms with E-state index in [4.69, 9.17) is 4.98 Å². The van der Waals surface area contributed by atoms with Crippen LogP contribution in [0.2, 0.25) is 0 Å². The Morgan fingerprint density at radius 1 is 1.24 bits per heavy atom. The topological polar surface area (TPSA) is 24.9 Å². The molecule has 0 amide bonds. The van der Waals surface area contributed by atoms with E-state index in [1.54, 1.807) is 4.88 Å². The molecule has 1 aromatic heterocycles. The van der Waals surface area contributed by atoms with Gasteiger partial charge in [-0.1, -0.05) is 40.0 Å². The third kappa shape index (κ3) is 3.50. The van der Waals surface area contributed by atoms with Gasteiger partial charge in [0.1, 0.15) is 0 Å². The molecular formula is C18H30N2S. The van der Waals surface area contributed by atoms with Crippen molar-refractivity contribution in [1.82, 2.24) is 10.3 Å². The SMILES string of the molecule is CCCNC1CC(C)(C)Cc2nc(C3CCCCC3)sc21. The van der Waals surface area contributed by atoms with Crippen LogP contribution in [0.15, 0.2) is 0 Å². The molecule has 1 fully saturated rings. The van der Waals surface area contributed by atoms with E-state index < -0.39 is 0 Å². The Morgan fingerprint density at radius 3 is 2.71 bits per heavy atom. The number of nitrogens with one attached hydrogen (secondary N) is 1. The Hall–Kier alpha value is -0.410. The first-order valence-corrected chi connectivity index (χ1v) is 9.63. The van der Waals surface area contributed by atoms with E-state index in [1.807, 2.05) is 11.3 Å². The van der Waals surface area contributed by atoms with Crippen LogP contribution in [0.1, 0.15) is 93.3 Å². The van der Waals surface area contributed by atoms with Crippen LogP contribution >= 0.6 is 11.3 Å². The number of nitrogens with zero attached hydrogens (tertiary/aromatic N) is 1. The molecule has 3 heteroatoms. The smallest absolute Gasteiger partial charge is 0.0962 e. The van der Waals surface area contributed by atoms with Crippen LogP contribution in [-0.2, 0) is 6.42 Å². The summed E-state index contributed by atoms with van der Waals surface area (Å²) in [6.07, 6.45) is 10.6. The van der Waals surface area contributed by atoms with E-state index in [9.17, 15) is 0 Å². The van der Waals surface area contributed by atoms with Crippen LogP contribution in [0.4, 0.5) is 0 Å². The van der Waals surface area contributed by atoms with E-state index in [1.165, 1.54) is 55.6 Å². The molecule has 2 nitrogen and oxygen atoms in total. The second kappa shape index (κ2) is 6.37. The first-order chi connectivity index (χ1) is 10.1. The summed E-state index contributed by atoms with van der Waals surface area (Å²) in [7, 11) is 0. The molecule has 0 saturated heterocycles. The fraction of sp³-hybridized carbons (Fsp3) is 0.833. The summed E-state index contributed by atoms with van der Waals surface area (Å²) in [5.74, 6) is 0.754. The van der Waals surface area contributed by atoms with Gasteiger partial charge < -0.3 is 5.32 Å². The number of fused-ring (bicyclic) bond motifs is 1. The van der Waals surface area contributed by atoms with Gasteiger partial charge in [0.15, 0.2) is 0 Å². The summed E-state index contributed by atoms with van der Waals surface area (Å²) < 4.78 is 0. The van der Waals surface area contributed by atoms with Crippen molar-refractivity contribution in [1.29, 1.82) is 0 Å². The normalized spacial score (nSPS) is 25.8. The molecule has 0 aromatic carbocycles. The maximum Gasteiger partial charge on any atom is 0.0962 e. The minimum absolute atomic E-state index is 0.385. The molecule has 1 unspecified atom stereocenters. The molecule has 1 saturated carbocycles. The summed E-state index contributed by atoms with van der Waals surface area (Å²) in [6.45, 7) is 8.17. The van der Waals surface area contributed by atoms with Crippen LogP contribution in [-0.4, -0.2) is 11.5 Å². The number of thiazole rings is 1. The lowest BCUT2D eigenvalue weighted by Crippen LogP contribution is -2.33. The van der Waals surface area contributed by atoms with Crippen LogP contribution in [0.3, 0.4) is 0 Å². The van der Waals surface area contributed by atoms with Crippen molar-refractivity contribution in [3.05, 3.63) is 15.6 Å². The molecule has 1 atom stereocenters. The second-order valence-corrected chi connectivity index (χ2v) is 8.81. The molecular weight excluding hydrogens is 276 g/mol. The van der Waals surface area contributed by atoms with Gasteiger partial charge in [0.2, 0.25) is 0 Å². The van der Waals surface area contributed by atoms with Gasteiger partial charge in [-0.2, -0.15) is 0 Å². The third-order valence-electron chi connectivity index (χ3n) is 5.06. The van der Waals surface area contributed by atoms with Crippen LogP contribution in [0.5, 0.6) is 0 Å². The Labute approximate surface area is 133 Å². The third-order valence-corrected chi connectivity index (χ3v) is 6.43. The highest BCUT2D eigenvalue weighted by Gasteiger charge is 2.35. The van der Waals surface area contributed by atoms with Gasteiger partial charge in [0, 0.05) is 16.8 Å². The number of hydrogen-bond acceptors (Lipinski definition) is 3. The van der Waals surface area contributed by atoms with Crippen molar-refractivity contribution >= 4 is 11.3 Å². The molecule has 1 aromatic rings. The van der Waals surface area contributed by atoms with Gasteiger partial charge >= 0.3 is 0 Å². The molecule has 118 valence electrons. The van der Waals surface area contributed by atoms with E-state index in [-0.39, 0.29) is 0 Å². The Bertz CT molecular complexity index is 472. The number of rotatable bonds is 4. The molecule has 3 rings (SSSR count). The van der Waals surface area contributed by atoms with Crippen molar-refractivity contribution in [2.75, 3.05) is 6.54 Å². The van der Waals surface area contributed by atoms with E-state index in [2.05, 4.69) is 26.1 Å². The molecule has 0 bridgehead atoms. The summed E-state index contributed by atoms with van der Waals surface area (Å²) in [5.41, 5.74) is 1.79. The lowest BCUT2D eigenvalue weighted by Gasteiger charge is -2.34. The van der Waals surface area contributed by atoms with Crippen molar-refractivity contribution in [2.24, 2.45) is 5.41 Å². The van der Waals surface area contributed by atoms with Crippen LogP contribution in [0, 0.1) is 5.41 Å². The van der Waals surface area contributed by atoms with Crippen molar-refractivity contribution in [3.63, 3.8) is 0 Å². The summed E-state index contributed by atoms with van der Waals surface area (Å²) in [6, 6.07) is 0.540. The van der Waals surface area contributed by atoms with Crippen LogP contribution < -0.4 is 5.32 Å². The molecule has 0 aliphatic heterocycles. The maximum atomic E-state index is 5.11. The zero-order valence-electron chi connectivity index (χ0n) is 13.9. The maximum absolute atomic E-state index is 5.11. The highest BCUT2D eigenvalue weighted by molar-refractivity contribution is 7.12. The molecule has 1 N–H and O–H groups in total. The van der Waals surface area contributed by atoms with Gasteiger partial charge in [-0.3, -0.25) is 0 Å². The molecule has 2 aliphatic rings. The highest BCUT2D eigenvalue weighted by atomic mass is 32.1. The molecule has 1 heterocycles. The lowest BCUT2D eigenvalue weighted by molar-refractivity contribution is 0.258. The molecule has 0 spiro atoms. The highest BCUT2D eigenvalue weighted by Crippen LogP contribution is 2.45. The number of aromatic nitrogens is 1. The van der Waals surface area contributed by atoms with Crippen LogP contribution in [0.25, 0.3) is 0 Å². The Kier molecular flexibility index (Phi) is 4.70. The zero-order valence-corrected chi connectivity index (χ0v) is 14.7. The summed E-state index contributed by atoms with van der Waals surface area (Å²) >= 11 is 2.03. The predicted molar refractivity (Wildman–Crippen MR) is 91.1 cm³/mol. The van der Waals surface area contributed by atoms with Crippen molar-refractivity contribution < 1.29 is 0 Å². The molecule has 2 aliphatic carbocycles. The zero-order chi connectivity index (χ0) is 14.9. The standard InChI is InChI=1S/C18H30N2S/c1-4-10-19-14-11-18(2,3)12-15-16(14)21-17(20-15)13-8-6-5-7-9-13/h13-14,19H,4-12H2,1-3H3. The number of hydrogen-bond donors (Lipinski definition) is 1. The van der Waals surface area contributed by atoms with Gasteiger partial charge in [-0.05, 0) is 44.1 Å². The monoisotopic (exact) mass is 306 g/mol. The predicted octanol–water partition coefficient (Wildman–Crippen LogP) is 5.20. The van der Waals surface area contributed by atoms with E-state index in [0.29, 0.717) is 11.5 Å². The average Bonchev–Trinajstić information content (AvgIpc) is 2.88. The quantitative estimate of drug-likeness (QED) is 0.826. The first kappa shape index (κ1) is 15.5. The van der Waals surface area contributed by atoms with Crippen molar-refractivity contribution in [3.8, 4) is 0 Å². The first-order valence-electron chi connectivity index (χ1n) is 8.82. The summed E-state index contributed by atoms with van der Waals surface area (Å²) in [5, 5.41) is 5.21. The minimum atomic E-state index is 0.385. The molecule has 21 heavy (non-hydrogen) atoms. The van der Waals surface area contributed by atoms with E-state index >= 15 is 0 Å². The van der Waals surface area contributed by atoms with Gasteiger partial charge in [0.25, 0.3) is 0 Å². The second-order valence-electron chi connectivity index (χ2n) is 7.75. The fourth-order valence-corrected chi connectivity index (χ4v) is 5.29. The Balaban J connectivity index is 1.83.